The molecule has 0 bridgehead atoms. The molecule has 0 aliphatic carbocycles. The highest BCUT2D eigenvalue weighted by molar-refractivity contribution is 9.10. The van der Waals surface area contributed by atoms with Crippen molar-refractivity contribution < 1.29 is 28.8 Å². The Kier molecular flexibility index (Phi) is 8.79. The first kappa shape index (κ1) is 23.3. The van der Waals surface area contributed by atoms with Crippen LogP contribution in [-0.4, -0.2) is 44.2 Å². The summed E-state index contributed by atoms with van der Waals surface area (Å²) >= 11 is 3.24. The lowest BCUT2D eigenvalue weighted by molar-refractivity contribution is 0.0954. The number of hydrazone groups is 1. The van der Waals surface area contributed by atoms with Gasteiger partial charge in [-0.1, -0.05) is 0 Å². The van der Waals surface area contributed by atoms with Crippen molar-refractivity contribution in [1.82, 2.24) is 5.43 Å². The molecule has 0 heterocycles. The van der Waals surface area contributed by atoms with E-state index in [1.54, 1.807) is 24.3 Å². The lowest BCUT2D eigenvalue weighted by Gasteiger charge is -2.16. The van der Waals surface area contributed by atoms with E-state index >= 15 is 0 Å². The SMILES string of the molecule is CCOc1cc(C(=O)N/N=C/c2cc(Br)c(O)c(OC)c2)cc(OCC)c1OCC. The molecule has 0 aromatic heterocycles. The standard InChI is InChI=1S/C21H25BrN2O6/c1-5-28-17-10-14(11-18(29-6-2)20(17)30-7-3)21(26)24-23-12-13-8-15(22)19(25)16(9-13)27-4/h8-12,25H,5-7H2,1-4H3,(H,24,26)/b23-12+. The maximum absolute atomic E-state index is 12.6. The summed E-state index contributed by atoms with van der Waals surface area (Å²) in [5.74, 6) is 1.13. The van der Waals surface area contributed by atoms with Crippen LogP contribution >= 0.6 is 15.9 Å². The number of nitrogens with one attached hydrogen (secondary N) is 1. The second-order valence-electron chi connectivity index (χ2n) is 5.85. The molecule has 0 atom stereocenters. The Balaban J connectivity index is 2.25. The quantitative estimate of drug-likeness (QED) is 0.391. The Labute approximate surface area is 183 Å². The highest BCUT2D eigenvalue weighted by Crippen LogP contribution is 2.39. The van der Waals surface area contributed by atoms with E-state index in [-0.39, 0.29) is 11.5 Å². The van der Waals surface area contributed by atoms with E-state index in [1.165, 1.54) is 13.3 Å². The van der Waals surface area contributed by atoms with Gasteiger partial charge in [0.25, 0.3) is 5.91 Å². The van der Waals surface area contributed by atoms with Crippen molar-refractivity contribution in [3.05, 3.63) is 39.9 Å². The van der Waals surface area contributed by atoms with Gasteiger partial charge in [-0.05, 0) is 66.5 Å². The number of amides is 1. The van der Waals surface area contributed by atoms with E-state index in [0.29, 0.717) is 52.7 Å². The van der Waals surface area contributed by atoms with Crippen LogP contribution in [0.2, 0.25) is 0 Å². The molecule has 8 nitrogen and oxygen atoms in total. The first-order valence-corrected chi connectivity index (χ1v) is 10.2. The number of ether oxygens (including phenoxy) is 4. The first-order valence-electron chi connectivity index (χ1n) is 9.41. The van der Waals surface area contributed by atoms with Crippen LogP contribution in [0.3, 0.4) is 0 Å². The Bertz CT molecular complexity index is 890. The molecule has 2 aromatic carbocycles. The van der Waals surface area contributed by atoms with Gasteiger partial charge in [0.05, 0.1) is 37.6 Å². The Morgan fingerprint density at radius 3 is 2.17 bits per heavy atom. The van der Waals surface area contributed by atoms with Gasteiger partial charge in [0, 0.05) is 5.56 Å². The third-order valence-corrected chi connectivity index (χ3v) is 4.43. The molecule has 0 spiro atoms. The zero-order chi connectivity index (χ0) is 22.1. The van der Waals surface area contributed by atoms with Crippen LogP contribution in [0.1, 0.15) is 36.7 Å². The van der Waals surface area contributed by atoms with Gasteiger partial charge in [0.15, 0.2) is 23.0 Å². The molecule has 0 unspecified atom stereocenters. The van der Waals surface area contributed by atoms with Crippen LogP contribution < -0.4 is 24.4 Å². The van der Waals surface area contributed by atoms with Gasteiger partial charge in [0.2, 0.25) is 5.75 Å². The zero-order valence-electron chi connectivity index (χ0n) is 17.3. The second kappa shape index (κ2) is 11.3. The summed E-state index contributed by atoms with van der Waals surface area (Å²) in [5.41, 5.74) is 3.40. The van der Waals surface area contributed by atoms with Gasteiger partial charge in [0.1, 0.15) is 0 Å². The molecule has 1 amide bonds. The summed E-state index contributed by atoms with van der Waals surface area (Å²) in [4.78, 5) is 12.6. The molecule has 0 saturated carbocycles. The van der Waals surface area contributed by atoms with Crippen LogP contribution in [0.5, 0.6) is 28.7 Å². The highest BCUT2D eigenvalue weighted by Gasteiger charge is 2.18. The second-order valence-corrected chi connectivity index (χ2v) is 6.71. The fourth-order valence-corrected chi connectivity index (χ4v) is 3.03. The van der Waals surface area contributed by atoms with Crippen molar-refractivity contribution >= 4 is 28.1 Å². The first-order chi connectivity index (χ1) is 14.4. The van der Waals surface area contributed by atoms with Crippen molar-refractivity contribution in [3.63, 3.8) is 0 Å². The van der Waals surface area contributed by atoms with Crippen molar-refractivity contribution in [3.8, 4) is 28.7 Å². The topological polar surface area (TPSA) is 98.6 Å². The van der Waals surface area contributed by atoms with Gasteiger partial charge >= 0.3 is 0 Å². The largest absolute Gasteiger partial charge is 0.503 e. The summed E-state index contributed by atoms with van der Waals surface area (Å²) in [7, 11) is 1.45. The molecule has 30 heavy (non-hydrogen) atoms. The molecule has 9 heteroatoms. The van der Waals surface area contributed by atoms with E-state index in [9.17, 15) is 9.90 Å². The monoisotopic (exact) mass is 480 g/mol. The number of nitrogens with zero attached hydrogens (tertiary/aromatic N) is 1. The number of hydrogen-bond acceptors (Lipinski definition) is 7. The van der Waals surface area contributed by atoms with E-state index in [1.807, 2.05) is 20.8 Å². The third-order valence-electron chi connectivity index (χ3n) is 3.82. The molecule has 2 aromatic rings. The van der Waals surface area contributed by atoms with Crippen LogP contribution in [0.25, 0.3) is 0 Å². The number of methoxy groups -OCH3 is 1. The number of halogens is 1. The number of phenolic OH excluding ortho intramolecular Hbond substituents is 1. The van der Waals surface area contributed by atoms with E-state index in [2.05, 4.69) is 26.5 Å². The van der Waals surface area contributed by atoms with Crippen LogP contribution in [0, 0.1) is 0 Å². The average molecular weight is 481 g/mol. The normalized spacial score (nSPS) is 10.7. The predicted octanol–water partition coefficient (Wildman–Crippen LogP) is 4.12. The van der Waals surface area contributed by atoms with Crippen molar-refractivity contribution in [2.75, 3.05) is 26.9 Å². The molecule has 0 saturated heterocycles. The number of hydrogen-bond donors (Lipinski definition) is 2. The molecule has 0 aliphatic heterocycles. The van der Waals surface area contributed by atoms with Gasteiger partial charge in [-0.15, -0.1) is 0 Å². The number of aromatic hydroxyl groups is 1. The highest BCUT2D eigenvalue weighted by atomic mass is 79.9. The molecule has 2 rings (SSSR count). The van der Waals surface area contributed by atoms with E-state index in [4.69, 9.17) is 18.9 Å². The van der Waals surface area contributed by atoms with Gasteiger partial charge in [-0.25, -0.2) is 5.43 Å². The fraction of sp³-hybridized carbons (Fsp3) is 0.333. The maximum Gasteiger partial charge on any atom is 0.271 e. The predicted molar refractivity (Wildman–Crippen MR) is 117 cm³/mol. The molecule has 0 fully saturated rings. The minimum atomic E-state index is -0.444. The van der Waals surface area contributed by atoms with Gasteiger partial charge in [-0.2, -0.15) is 5.10 Å². The Morgan fingerprint density at radius 1 is 1.03 bits per heavy atom. The lowest BCUT2D eigenvalue weighted by atomic mass is 10.1. The molecule has 162 valence electrons. The third kappa shape index (κ3) is 5.79. The fourth-order valence-electron chi connectivity index (χ4n) is 2.57. The summed E-state index contributed by atoms with van der Waals surface area (Å²) < 4.78 is 22.4. The van der Waals surface area contributed by atoms with Crippen molar-refractivity contribution in [1.29, 1.82) is 0 Å². The number of carbonyl (C=O) groups is 1. The Morgan fingerprint density at radius 2 is 1.63 bits per heavy atom. The molecular formula is C21H25BrN2O6. The van der Waals surface area contributed by atoms with Crippen molar-refractivity contribution in [2.24, 2.45) is 5.10 Å². The summed E-state index contributed by atoms with van der Waals surface area (Å²) in [6, 6.07) is 6.40. The van der Waals surface area contributed by atoms with E-state index in [0.717, 1.165) is 0 Å². The van der Waals surface area contributed by atoms with E-state index < -0.39 is 5.91 Å². The molecular weight excluding hydrogens is 456 g/mol. The number of benzene rings is 2. The summed E-state index contributed by atoms with van der Waals surface area (Å²) in [6.45, 7) is 6.80. The zero-order valence-corrected chi connectivity index (χ0v) is 18.9. The average Bonchev–Trinajstić information content (AvgIpc) is 2.72. The molecule has 0 aliphatic rings. The Hall–Kier alpha value is -2.94. The van der Waals surface area contributed by atoms with Crippen LogP contribution in [0.15, 0.2) is 33.8 Å². The number of phenols is 1. The molecule has 0 radical (unpaired) electrons. The number of carbonyl (C=O) groups excluding carboxylic acids is 1. The number of rotatable bonds is 10. The maximum atomic E-state index is 12.6. The van der Waals surface area contributed by atoms with Crippen LogP contribution in [0.4, 0.5) is 0 Å². The smallest absolute Gasteiger partial charge is 0.271 e. The molecule has 2 N–H and O–H groups in total. The van der Waals surface area contributed by atoms with Gasteiger partial charge in [-0.3, -0.25) is 4.79 Å². The minimum Gasteiger partial charge on any atom is -0.503 e. The van der Waals surface area contributed by atoms with Crippen molar-refractivity contribution in [2.45, 2.75) is 20.8 Å². The van der Waals surface area contributed by atoms with Crippen LogP contribution in [-0.2, 0) is 0 Å². The summed E-state index contributed by atoms with van der Waals surface area (Å²) in [6.07, 6.45) is 1.44. The van der Waals surface area contributed by atoms with Gasteiger partial charge < -0.3 is 24.1 Å². The minimum absolute atomic E-state index is 0.0139. The summed E-state index contributed by atoms with van der Waals surface area (Å²) in [5, 5.41) is 13.8. The lowest BCUT2D eigenvalue weighted by Crippen LogP contribution is -2.18.